The van der Waals surface area contributed by atoms with Gasteiger partial charge in [-0.3, -0.25) is 0 Å². The van der Waals surface area contributed by atoms with Crippen LogP contribution in [0.1, 0.15) is 0 Å². The van der Waals surface area contributed by atoms with Crippen molar-refractivity contribution < 1.29 is 19.4 Å². The Morgan fingerprint density at radius 2 is 2.29 bits per heavy atom. The molecular weight excluding hydrogens is 244 g/mol. The quantitative estimate of drug-likeness (QED) is 0.827. The lowest BCUT2D eigenvalue weighted by Gasteiger charge is -2.03. The first kappa shape index (κ1) is 11.5. The van der Waals surface area contributed by atoms with E-state index in [4.69, 9.17) is 9.84 Å². The van der Waals surface area contributed by atoms with Crippen LogP contribution in [0.2, 0.25) is 0 Å². The zero-order chi connectivity index (χ0) is 12.1. The Bertz CT molecular complexity index is 480. The molecule has 0 aromatic carbocycles. The fourth-order valence-electron chi connectivity index (χ4n) is 1.19. The molecule has 0 aliphatic heterocycles. The predicted molar refractivity (Wildman–Crippen MR) is 60.7 cm³/mol. The summed E-state index contributed by atoms with van der Waals surface area (Å²) in [7, 11) is 0. The second-order valence-electron chi connectivity index (χ2n) is 3.09. The van der Waals surface area contributed by atoms with Gasteiger partial charge >= 0.3 is 6.16 Å². The van der Waals surface area contributed by atoms with Crippen LogP contribution in [0.25, 0.3) is 0 Å². The van der Waals surface area contributed by atoms with E-state index in [1.54, 1.807) is 24.7 Å². The molecule has 0 atom stereocenters. The highest BCUT2D eigenvalue weighted by atomic mass is 32.1. The Kier molecular flexibility index (Phi) is 3.61. The number of hydrogen-bond acceptors (Lipinski definition) is 5. The van der Waals surface area contributed by atoms with Gasteiger partial charge in [-0.1, -0.05) is 11.3 Å². The molecule has 2 heterocycles. The standard InChI is InChI=1S/C10H10N2O4S/c13-10(14)16-9-2-1-8(17-9)15-6-5-12-4-3-11-7-12/h1-4,7H,5-6H2,(H,13,14). The molecule has 0 radical (unpaired) electrons. The van der Waals surface area contributed by atoms with Crippen molar-refractivity contribution in [3.05, 3.63) is 30.9 Å². The van der Waals surface area contributed by atoms with E-state index in [-0.39, 0.29) is 0 Å². The van der Waals surface area contributed by atoms with Crippen molar-refractivity contribution in [1.82, 2.24) is 9.55 Å². The molecule has 6 nitrogen and oxygen atoms in total. The molecule has 2 aromatic heterocycles. The molecule has 0 amide bonds. The minimum atomic E-state index is -1.32. The van der Waals surface area contributed by atoms with Crippen LogP contribution in [0.15, 0.2) is 30.9 Å². The highest BCUT2D eigenvalue weighted by Gasteiger charge is 2.05. The first-order valence-electron chi connectivity index (χ1n) is 4.83. The summed E-state index contributed by atoms with van der Waals surface area (Å²) in [6.45, 7) is 1.18. The lowest BCUT2D eigenvalue weighted by molar-refractivity contribution is 0.146. The number of rotatable bonds is 5. The molecule has 1 N–H and O–H groups in total. The SMILES string of the molecule is O=C(O)Oc1ccc(OCCn2ccnc2)s1. The monoisotopic (exact) mass is 254 g/mol. The van der Waals surface area contributed by atoms with Gasteiger partial charge in [-0.2, -0.15) is 0 Å². The van der Waals surface area contributed by atoms with Crippen LogP contribution in [0.4, 0.5) is 4.79 Å². The van der Waals surface area contributed by atoms with Gasteiger partial charge in [0, 0.05) is 12.4 Å². The maximum atomic E-state index is 10.3. The Hall–Kier alpha value is -2.02. The van der Waals surface area contributed by atoms with Crippen molar-refractivity contribution in [3.8, 4) is 10.1 Å². The van der Waals surface area contributed by atoms with Crippen molar-refractivity contribution in [2.24, 2.45) is 0 Å². The minimum Gasteiger partial charge on any atom is -0.482 e. The average molecular weight is 254 g/mol. The first-order chi connectivity index (χ1) is 8.24. The van der Waals surface area contributed by atoms with E-state index in [0.717, 1.165) is 11.3 Å². The van der Waals surface area contributed by atoms with Gasteiger partial charge < -0.3 is 19.1 Å². The Morgan fingerprint density at radius 1 is 1.47 bits per heavy atom. The Labute approximate surface area is 101 Å². The summed E-state index contributed by atoms with van der Waals surface area (Å²) in [5.41, 5.74) is 0. The van der Waals surface area contributed by atoms with E-state index >= 15 is 0 Å². The number of hydrogen-bond donors (Lipinski definition) is 1. The molecule has 0 aliphatic carbocycles. The second-order valence-corrected chi connectivity index (χ2v) is 4.10. The van der Waals surface area contributed by atoms with Gasteiger partial charge in [-0.05, 0) is 12.1 Å². The maximum Gasteiger partial charge on any atom is 0.512 e. The number of imidazole rings is 1. The minimum absolute atomic E-state index is 0.301. The van der Waals surface area contributed by atoms with E-state index in [1.807, 2.05) is 10.8 Å². The van der Waals surface area contributed by atoms with Gasteiger partial charge in [-0.25, -0.2) is 9.78 Å². The molecule has 0 aliphatic rings. The normalized spacial score (nSPS) is 10.1. The fourth-order valence-corrected chi connectivity index (χ4v) is 1.92. The van der Waals surface area contributed by atoms with E-state index < -0.39 is 6.16 Å². The highest BCUT2D eigenvalue weighted by molar-refractivity contribution is 7.15. The Morgan fingerprint density at radius 3 is 3.00 bits per heavy atom. The van der Waals surface area contributed by atoms with Crippen molar-refractivity contribution >= 4 is 17.5 Å². The number of thiophene rings is 1. The third-order valence-electron chi connectivity index (χ3n) is 1.90. The topological polar surface area (TPSA) is 73.6 Å². The molecule has 90 valence electrons. The van der Waals surface area contributed by atoms with Crippen LogP contribution in [0.3, 0.4) is 0 Å². The third kappa shape index (κ3) is 3.49. The van der Waals surface area contributed by atoms with E-state index in [9.17, 15) is 4.79 Å². The van der Waals surface area contributed by atoms with Crippen LogP contribution in [-0.4, -0.2) is 27.4 Å². The van der Waals surface area contributed by atoms with E-state index in [2.05, 4.69) is 9.72 Å². The van der Waals surface area contributed by atoms with Crippen molar-refractivity contribution in [2.75, 3.05) is 6.61 Å². The zero-order valence-electron chi connectivity index (χ0n) is 8.78. The largest absolute Gasteiger partial charge is 0.512 e. The summed E-state index contributed by atoms with van der Waals surface area (Å²) in [5.74, 6) is 0. The van der Waals surface area contributed by atoms with Crippen LogP contribution in [-0.2, 0) is 6.54 Å². The number of carboxylic acid groups (broad SMARTS) is 1. The molecule has 0 bridgehead atoms. The zero-order valence-corrected chi connectivity index (χ0v) is 9.59. The molecule has 0 saturated carbocycles. The summed E-state index contributed by atoms with van der Waals surface area (Å²) in [6.07, 6.45) is 3.93. The van der Waals surface area contributed by atoms with Crippen LogP contribution < -0.4 is 9.47 Å². The van der Waals surface area contributed by atoms with Gasteiger partial charge in [0.15, 0.2) is 10.1 Å². The molecule has 0 spiro atoms. The molecule has 2 aromatic rings. The second kappa shape index (κ2) is 5.35. The predicted octanol–water partition coefficient (Wildman–Crippen LogP) is 2.08. The molecule has 0 fully saturated rings. The van der Waals surface area contributed by atoms with Gasteiger partial charge in [-0.15, -0.1) is 0 Å². The van der Waals surface area contributed by atoms with E-state index in [0.29, 0.717) is 23.3 Å². The molecule has 0 unspecified atom stereocenters. The summed E-state index contributed by atoms with van der Waals surface area (Å²) in [4.78, 5) is 14.2. The van der Waals surface area contributed by atoms with Crippen molar-refractivity contribution in [1.29, 1.82) is 0 Å². The van der Waals surface area contributed by atoms with Gasteiger partial charge in [0.25, 0.3) is 0 Å². The lowest BCUT2D eigenvalue weighted by atomic mass is 10.6. The number of ether oxygens (including phenoxy) is 2. The van der Waals surface area contributed by atoms with Gasteiger partial charge in [0.2, 0.25) is 0 Å². The summed E-state index contributed by atoms with van der Waals surface area (Å²) < 4.78 is 11.8. The third-order valence-corrected chi connectivity index (χ3v) is 2.77. The molecule has 7 heteroatoms. The maximum absolute atomic E-state index is 10.3. The molecular formula is C10H10N2O4S. The molecule has 17 heavy (non-hydrogen) atoms. The summed E-state index contributed by atoms with van der Waals surface area (Å²) in [5, 5.41) is 9.34. The smallest absolute Gasteiger partial charge is 0.482 e. The lowest BCUT2D eigenvalue weighted by Crippen LogP contribution is -2.05. The van der Waals surface area contributed by atoms with Crippen LogP contribution >= 0.6 is 11.3 Å². The first-order valence-corrected chi connectivity index (χ1v) is 5.65. The average Bonchev–Trinajstić information content (AvgIpc) is 2.89. The summed E-state index contributed by atoms with van der Waals surface area (Å²) in [6, 6.07) is 3.24. The highest BCUT2D eigenvalue weighted by Crippen LogP contribution is 2.30. The van der Waals surface area contributed by atoms with E-state index in [1.165, 1.54) is 0 Å². The summed E-state index contributed by atoms with van der Waals surface area (Å²) >= 11 is 1.15. The Balaban J connectivity index is 1.79. The van der Waals surface area contributed by atoms with Crippen LogP contribution in [0, 0.1) is 0 Å². The molecule has 2 rings (SSSR count). The number of aromatic nitrogens is 2. The van der Waals surface area contributed by atoms with Gasteiger partial charge in [0.1, 0.15) is 6.61 Å². The van der Waals surface area contributed by atoms with Crippen molar-refractivity contribution in [2.45, 2.75) is 6.54 Å². The van der Waals surface area contributed by atoms with Gasteiger partial charge in [0.05, 0.1) is 12.9 Å². The molecule has 0 saturated heterocycles. The fraction of sp³-hybridized carbons (Fsp3) is 0.200. The number of carbonyl (C=O) groups is 1. The number of nitrogens with zero attached hydrogens (tertiary/aromatic N) is 2. The van der Waals surface area contributed by atoms with Crippen molar-refractivity contribution in [3.63, 3.8) is 0 Å². The van der Waals surface area contributed by atoms with Crippen LogP contribution in [0.5, 0.6) is 10.1 Å².